The van der Waals surface area contributed by atoms with Gasteiger partial charge in [0.05, 0.1) is 5.41 Å². The maximum Gasteiger partial charge on any atom is 0.0726 e. The van der Waals surface area contributed by atoms with Gasteiger partial charge in [-0.15, -0.1) is 0 Å². The van der Waals surface area contributed by atoms with Gasteiger partial charge in [0.1, 0.15) is 0 Å². The Hall–Kier alpha value is -6.44. The van der Waals surface area contributed by atoms with Gasteiger partial charge in [0, 0.05) is 17.9 Å². The van der Waals surface area contributed by atoms with E-state index in [4.69, 9.17) is 0 Å². The van der Waals surface area contributed by atoms with Crippen molar-refractivity contribution in [1.29, 1.82) is 0 Å². The number of hydrogen-bond acceptors (Lipinski definition) is 1. The van der Waals surface area contributed by atoms with Crippen molar-refractivity contribution < 1.29 is 0 Å². The first kappa shape index (κ1) is 28.4. The number of anilines is 2. The van der Waals surface area contributed by atoms with Crippen molar-refractivity contribution in [3.8, 4) is 22.3 Å². The lowest BCUT2D eigenvalue weighted by molar-refractivity contribution is 0.796. The molecule has 2 aliphatic carbocycles. The van der Waals surface area contributed by atoms with Crippen LogP contribution in [0.5, 0.6) is 0 Å². The molecule has 0 saturated heterocycles. The van der Waals surface area contributed by atoms with E-state index in [-0.39, 0.29) is 0 Å². The molecular weight excluding hydrogens is 615 g/mol. The molecule has 0 amide bonds. The van der Waals surface area contributed by atoms with Crippen molar-refractivity contribution in [2.75, 3.05) is 4.90 Å². The molecule has 0 fully saturated rings. The second-order valence-corrected chi connectivity index (χ2v) is 14.0. The highest BCUT2D eigenvalue weighted by Crippen LogP contribution is 2.63. The second kappa shape index (κ2) is 10.8. The Morgan fingerprint density at radius 2 is 0.922 bits per heavy atom. The first-order chi connectivity index (χ1) is 25.3. The van der Waals surface area contributed by atoms with Crippen molar-refractivity contribution in [3.63, 3.8) is 0 Å². The third-order valence-electron chi connectivity index (χ3n) is 11.5. The summed E-state index contributed by atoms with van der Waals surface area (Å²) in [5, 5.41) is 8.10. The minimum Gasteiger partial charge on any atom is -0.337 e. The number of rotatable bonds is 5. The molecule has 0 saturated carbocycles. The van der Waals surface area contributed by atoms with E-state index in [9.17, 15) is 0 Å². The zero-order valence-electron chi connectivity index (χ0n) is 28.1. The lowest BCUT2D eigenvalue weighted by Gasteiger charge is -2.31. The average Bonchev–Trinajstić information content (AvgIpc) is 3.67. The lowest BCUT2D eigenvalue weighted by atomic mass is 9.69. The first-order valence-corrected chi connectivity index (χ1v) is 17.9. The van der Waals surface area contributed by atoms with E-state index >= 15 is 0 Å². The lowest BCUT2D eigenvalue weighted by Crippen LogP contribution is -2.26. The van der Waals surface area contributed by atoms with Gasteiger partial charge < -0.3 is 4.90 Å². The van der Waals surface area contributed by atoms with Gasteiger partial charge in [0.2, 0.25) is 0 Å². The summed E-state index contributed by atoms with van der Waals surface area (Å²) in [5.74, 6) is 0. The molecule has 238 valence electrons. The molecule has 9 aromatic rings. The number of nitrogens with zero attached hydrogens (tertiary/aromatic N) is 1. The molecule has 1 nitrogen and oxygen atoms in total. The molecule has 1 spiro atoms. The molecule has 2 aliphatic rings. The molecule has 9 aromatic carbocycles. The average molecular weight is 648 g/mol. The molecule has 1 atom stereocenters. The van der Waals surface area contributed by atoms with Crippen LogP contribution in [-0.4, -0.2) is 0 Å². The molecule has 0 aromatic heterocycles. The topological polar surface area (TPSA) is 3.24 Å². The van der Waals surface area contributed by atoms with Crippen LogP contribution in [0.4, 0.5) is 11.4 Å². The Labute approximate surface area is 297 Å². The van der Waals surface area contributed by atoms with Crippen molar-refractivity contribution in [1.82, 2.24) is 0 Å². The van der Waals surface area contributed by atoms with Crippen molar-refractivity contribution in [2.45, 2.75) is 12.0 Å². The maximum absolute atomic E-state index is 2.51. The van der Waals surface area contributed by atoms with E-state index in [2.05, 4.69) is 193 Å². The number of para-hydroxylation sites is 2. The molecule has 11 rings (SSSR count). The normalized spacial score (nSPS) is 15.2. The van der Waals surface area contributed by atoms with E-state index in [0.717, 1.165) is 6.54 Å². The Morgan fingerprint density at radius 3 is 1.67 bits per heavy atom. The van der Waals surface area contributed by atoms with E-state index in [1.807, 2.05) is 0 Å². The molecule has 0 aliphatic heterocycles. The molecule has 0 N–H and O–H groups in total. The zero-order chi connectivity index (χ0) is 33.5. The van der Waals surface area contributed by atoms with Crippen LogP contribution in [0.2, 0.25) is 0 Å². The van der Waals surface area contributed by atoms with Crippen LogP contribution >= 0.6 is 0 Å². The fourth-order valence-corrected chi connectivity index (χ4v) is 9.41. The molecular formula is C50H33N. The third kappa shape index (κ3) is 3.92. The maximum atomic E-state index is 2.51. The Kier molecular flexibility index (Phi) is 6.00. The number of benzene rings is 9. The van der Waals surface area contributed by atoms with Crippen LogP contribution in [0.3, 0.4) is 0 Å². The largest absolute Gasteiger partial charge is 0.337 e. The molecule has 0 radical (unpaired) electrons. The molecule has 1 unspecified atom stereocenters. The Balaban J connectivity index is 1.20. The summed E-state index contributed by atoms with van der Waals surface area (Å²) in [5.41, 5.74) is 13.9. The molecule has 0 bridgehead atoms. The number of hydrogen-bond donors (Lipinski definition) is 0. The molecule has 1 heteroatoms. The molecule has 51 heavy (non-hydrogen) atoms. The Bertz CT molecular complexity index is 2780. The standard InChI is InChI=1S/C50H33N/c1-4-15-34(16-5-1)35-30-43-39-22-11-10-21-38(39)41-24-14-26-46-48(41)49(43)47(31-35)50(46)44-25-13-12-23-40(44)42-29-33(27-28-45(42)50)32-51(36-17-6-2-7-18-36)37-19-8-3-9-20-37/h1-31H,32H2. The first-order valence-electron chi connectivity index (χ1n) is 17.9. The van der Waals surface area contributed by atoms with Gasteiger partial charge in [-0.2, -0.15) is 0 Å². The van der Waals surface area contributed by atoms with Crippen LogP contribution in [0.1, 0.15) is 27.8 Å². The summed E-state index contributed by atoms with van der Waals surface area (Å²) in [6.07, 6.45) is 0. The second-order valence-electron chi connectivity index (χ2n) is 14.0. The van der Waals surface area contributed by atoms with E-state index in [1.54, 1.807) is 0 Å². The quantitative estimate of drug-likeness (QED) is 0.168. The van der Waals surface area contributed by atoms with E-state index in [1.165, 1.54) is 93.8 Å². The molecule has 0 heterocycles. The van der Waals surface area contributed by atoms with Crippen LogP contribution in [-0.2, 0) is 12.0 Å². The van der Waals surface area contributed by atoms with Gasteiger partial charge in [-0.3, -0.25) is 0 Å². The monoisotopic (exact) mass is 647 g/mol. The van der Waals surface area contributed by atoms with Gasteiger partial charge in [0.25, 0.3) is 0 Å². The van der Waals surface area contributed by atoms with Crippen molar-refractivity contribution in [2.24, 2.45) is 0 Å². The predicted molar refractivity (Wildman–Crippen MR) is 214 cm³/mol. The SMILES string of the molecule is c1ccc(-c2cc3c4c(c2)c2ccccc2c2cccc(c24)C32c3ccccc3-c3cc(CN(c4ccccc4)c4ccccc4)ccc32)cc1. The highest BCUT2D eigenvalue weighted by molar-refractivity contribution is 6.30. The van der Waals surface area contributed by atoms with E-state index in [0.29, 0.717) is 0 Å². The van der Waals surface area contributed by atoms with Gasteiger partial charge in [-0.05, 0) is 125 Å². The van der Waals surface area contributed by atoms with Crippen LogP contribution in [0.15, 0.2) is 188 Å². The van der Waals surface area contributed by atoms with Crippen molar-refractivity contribution >= 4 is 43.7 Å². The summed E-state index contributed by atoms with van der Waals surface area (Å²) in [7, 11) is 0. The highest BCUT2D eigenvalue weighted by atomic mass is 15.1. The number of fused-ring (bicyclic) bond motifs is 10. The van der Waals surface area contributed by atoms with Crippen LogP contribution in [0, 0.1) is 0 Å². The summed E-state index contributed by atoms with van der Waals surface area (Å²) in [4.78, 5) is 2.42. The van der Waals surface area contributed by atoms with Crippen LogP contribution in [0.25, 0.3) is 54.6 Å². The summed E-state index contributed by atoms with van der Waals surface area (Å²) in [6.45, 7) is 0.769. The van der Waals surface area contributed by atoms with Gasteiger partial charge >= 0.3 is 0 Å². The summed E-state index contributed by atoms with van der Waals surface area (Å²) in [6, 6.07) is 69.9. The van der Waals surface area contributed by atoms with Gasteiger partial charge in [0.15, 0.2) is 0 Å². The predicted octanol–water partition coefficient (Wildman–Crippen LogP) is 12.8. The minimum absolute atomic E-state index is 0.425. The van der Waals surface area contributed by atoms with E-state index < -0.39 is 5.41 Å². The summed E-state index contributed by atoms with van der Waals surface area (Å²) < 4.78 is 0. The van der Waals surface area contributed by atoms with Gasteiger partial charge in [-0.25, -0.2) is 0 Å². The smallest absolute Gasteiger partial charge is 0.0726 e. The van der Waals surface area contributed by atoms with Crippen LogP contribution < -0.4 is 4.90 Å². The minimum atomic E-state index is -0.425. The highest BCUT2D eigenvalue weighted by Gasteiger charge is 2.51. The fourth-order valence-electron chi connectivity index (χ4n) is 9.41. The fraction of sp³-hybridized carbons (Fsp3) is 0.0400. The van der Waals surface area contributed by atoms with Crippen molar-refractivity contribution in [3.05, 3.63) is 216 Å². The zero-order valence-corrected chi connectivity index (χ0v) is 28.1. The van der Waals surface area contributed by atoms with Gasteiger partial charge in [-0.1, -0.05) is 146 Å². The third-order valence-corrected chi connectivity index (χ3v) is 11.5. The summed E-state index contributed by atoms with van der Waals surface area (Å²) >= 11 is 0. The Morgan fingerprint density at radius 1 is 0.353 bits per heavy atom.